The highest BCUT2D eigenvalue weighted by Crippen LogP contribution is 2.25. The number of anilines is 1. The van der Waals surface area contributed by atoms with Crippen molar-refractivity contribution in [3.8, 4) is 0 Å². The summed E-state index contributed by atoms with van der Waals surface area (Å²) in [5.74, 6) is 0. The molecule has 0 radical (unpaired) electrons. The summed E-state index contributed by atoms with van der Waals surface area (Å²) in [6.45, 7) is 1.18. The van der Waals surface area contributed by atoms with Crippen molar-refractivity contribution >= 4 is 43.0 Å². The maximum atomic E-state index is 12.3. The highest BCUT2D eigenvalue weighted by molar-refractivity contribution is 9.10. The van der Waals surface area contributed by atoms with E-state index in [0.29, 0.717) is 11.4 Å². The molecule has 20 heavy (non-hydrogen) atoms. The van der Waals surface area contributed by atoms with Gasteiger partial charge in [-0.1, -0.05) is 0 Å². The topological polar surface area (TPSA) is 58.2 Å². The van der Waals surface area contributed by atoms with Gasteiger partial charge in [0.05, 0.1) is 4.90 Å². The minimum absolute atomic E-state index is 0.313. The maximum Gasteiger partial charge on any atom is 0.240 e. The van der Waals surface area contributed by atoms with E-state index in [4.69, 9.17) is 0 Å². The maximum absolute atomic E-state index is 12.3. The average Bonchev–Trinajstić information content (AvgIpc) is 3.04. The van der Waals surface area contributed by atoms with Gasteiger partial charge in [0.25, 0.3) is 0 Å². The van der Waals surface area contributed by atoms with Crippen LogP contribution in [-0.4, -0.2) is 15.0 Å². The Morgan fingerprint density at radius 2 is 2.20 bits per heavy atom. The van der Waals surface area contributed by atoms with Gasteiger partial charge in [0.2, 0.25) is 10.0 Å². The molecule has 0 fully saturated rings. The summed E-state index contributed by atoms with van der Waals surface area (Å²) in [7, 11) is -3.46. The zero-order valence-corrected chi connectivity index (χ0v) is 13.7. The van der Waals surface area contributed by atoms with Crippen LogP contribution in [0.25, 0.3) is 0 Å². The Morgan fingerprint density at radius 3 is 2.95 bits per heavy atom. The van der Waals surface area contributed by atoms with E-state index in [0.717, 1.165) is 33.6 Å². The Labute approximate surface area is 130 Å². The molecule has 106 valence electrons. The molecule has 0 spiro atoms. The Morgan fingerprint density at radius 1 is 1.35 bits per heavy atom. The fraction of sp³-hybridized carbons (Fsp3) is 0.231. The fourth-order valence-electron chi connectivity index (χ4n) is 2.14. The molecule has 4 nitrogen and oxygen atoms in total. The highest BCUT2D eigenvalue weighted by Gasteiger charge is 2.18. The number of thiophene rings is 1. The second-order valence-corrected chi connectivity index (χ2v) is 8.23. The molecule has 0 unspecified atom stereocenters. The van der Waals surface area contributed by atoms with E-state index in [-0.39, 0.29) is 0 Å². The summed E-state index contributed by atoms with van der Waals surface area (Å²) in [6.07, 6.45) is 0.872. The molecule has 0 atom stereocenters. The van der Waals surface area contributed by atoms with Crippen LogP contribution in [0.3, 0.4) is 0 Å². The summed E-state index contributed by atoms with van der Waals surface area (Å²) < 4.78 is 28.2. The van der Waals surface area contributed by atoms with Gasteiger partial charge in [-0.05, 0) is 52.2 Å². The first-order chi connectivity index (χ1) is 9.54. The van der Waals surface area contributed by atoms with Crippen molar-refractivity contribution < 1.29 is 8.42 Å². The Kier molecular flexibility index (Phi) is 3.85. The van der Waals surface area contributed by atoms with Crippen LogP contribution in [-0.2, 0) is 23.0 Å². The number of fused-ring (bicyclic) bond motifs is 1. The van der Waals surface area contributed by atoms with Crippen LogP contribution in [0.5, 0.6) is 0 Å². The molecule has 0 saturated carbocycles. The summed E-state index contributed by atoms with van der Waals surface area (Å²) in [5, 5.41) is 5.16. The van der Waals surface area contributed by atoms with Gasteiger partial charge in [-0.15, -0.1) is 11.3 Å². The number of hydrogen-bond donors (Lipinski definition) is 2. The van der Waals surface area contributed by atoms with E-state index in [1.807, 2.05) is 17.5 Å². The molecule has 1 aromatic carbocycles. The molecular weight excluding hydrogens is 360 g/mol. The molecule has 1 aromatic heterocycles. The standard InChI is InChI=1S/C13H13BrN2O2S2/c14-10-6-11(19-8-10)7-16-20(17,18)12-1-2-13-9(5-12)3-4-15-13/h1-2,5-6,8,15-16H,3-4,7H2. The third-order valence-corrected chi connectivity index (χ3v) is 6.25. The van der Waals surface area contributed by atoms with Gasteiger partial charge >= 0.3 is 0 Å². The van der Waals surface area contributed by atoms with Gasteiger partial charge in [0.15, 0.2) is 0 Å². The molecule has 3 rings (SSSR count). The molecule has 0 saturated heterocycles. The van der Waals surface area contributed by atoms with Crippen LogP contribution in [0.2, 0.25) is 0 Å². The van der Waals surface area contributed by atoms with E-state index in [2.05, 4.69) is 26.0 Å². The zero-order valence-electron chi connectivity index (χ0n) is 10.5. The predicted octanol–water partition coefficient (Wildman–Crippen LogP) is 2.96. The molecule has 1 aliphatic rings. The van der Waals surface area contributed by atoms with E-state index >= 15 is 0 Å². The van der Waals surface area contributed by atoms with Gasteiger partial charge in [0, 0.05) is 33.5 Å². The molecule has 2 N–H and O–H groups in total. The van der Waals surface area contributed by atoms with Crippen molar-refractivity contribution in [2.24, 2.45) is 0 Å². The lowest BCUT2D eigenvalue weighted by molar-refractivity contribution is 0.581. The number of nitrogens with one attached hydrogen (secondary N) is 2. The second-order valence-electron chi connectivity index (χ2n) is 4.55. The van der Waals surface area contributed by atoms with Crippen molar-refractivity contribution in [3.63, 3.8) is 0 Å². The van der Waals surface area contributed by atoms with E-state index in [1.54, 1.807) is 12.1 Å². The van der Waals surface area contributed by atoms with Crippen LogP contribution < -0.4 is 10.0 Å². The molecule has 2 heterocycles. The first-order valence-electron chi connectivity index (χ1n) is 6.14. The number of halogens is 1. The molecule has 0 amide bonds. The molecule has 2 aromatic rings. The van der Waals surface area contributed by atoms with E-state index < -0.39 is 10.0 Å². The summed E-state index contributed by atoms with van der Waals surface area (Å²) in [5.41, 5.74) is 2.10. The Hall–Kier alpha value is -0.890. The van der Waals surface area contributed by atoms with E-state index in [1.165, 1.54) is 11.3 Å². The van der Waals surface area contributed by atoms with Crippen molar-refractivity contribution in [1.29, 1.82) is 0 Å². The average molecular weight is 373 g/mol. The largest absolute Gasteiger partial charge is 0.384 e. The van der Waals surface area contributed by atoms with Crippen LogP contribution >= 0.6 is 27.3 Å². The normalized spacial score (nSPS) is 14.1. The molecule has 0 bridgehead atoms. The third-order valence-electron chi connectivity index (χ3n) is 3.15. The lowest BCUT2D eigenvalue weighted by atomic mass is 10.2. The van der Waals surface area contributed by atoms with Crippen LogP contribution in [0.15, 0.2) is 39.0 Å². The summed E-state index contributed by atoms with van der Waals surface area (Å²) >= 11 is 4.88. The van der Waals surface area contributed by atoms with Gasteiger partial charge in [0.1, 0.15) is 0 Å². The molecular formula is C13H13BrN2O2S2. The predicted molar refractivity (Wildman–Crippen MR) is 84.7 cm³/mol. The lowest BCUT2D eigenvalue weighted by Gasteiger charge is -2.07. The number of benzene rings is 1. The second kappa shape index (κ2) is 5.48. The van der Waals surface area contributed by atoms with Crippen LogP contribution in [0.1, 0.15) is 10.4 Å². The van der Waals surface area contributed by atoms with Crippen molar-refractivity contribution in [2.45, 2.75) is 17.9 Å². The van der Waals surface area contributed by atoms with Gasteiger partial charge < -0.3 is 5.32 Å². The van der Waals surface area contributed by atoms with Gasteiger partial charge in [-0.2, -0.15) is 0 Å². The Bertz CT molecular complexity index is 741. The lowest BCUT2D eigenvalue weighted by Crippen LogP contribution is -2.22. The van der Waals surface area contributed by atoms with Crippen LogP contribution in [0.4, 0.5) is 5.69 Å². The first-order valence-corrected chi connectivity index (χ1v) is 9.29. The fourth-order valence-corrected chi connectivity index (χ4v) is 4.68. The minimum atomic E-state index is -3.46. The summed E-state index contributed by atoms with van der Waals surface area (Å²) in [4.78, 5) is 1.30. The quantitative estimate of drug-likeness (QED) is 0.867. The van der Waals surface area contributed by atoms with Gasteiger partial charge in [-0.3, -0.25) is 0 Å². The number of rotatable bonds is 4. The van der Waals surface area contributed by atoms with Crippen molar-refractivity contribution in [2.75, 3.05) is 11.9 Å². The minimum Gasteiger partial charge on any atom is -0.384 e. The third kappa shape index (κ3) is 2.90. The van der Waals surface area contributed by atoms with Gasteiger partial charge in [-0.25, -0.2) is 13.1 Å². The monoisotopic (exact) mass is 372 g/mol. The van der Waals surface area contributed by atoms with Crippen molar-refractivity contribution in [3.05, 3.63) is 44.6 Å². The number of sulfonamides is 1. The molecule has 1 aliphatic heterocycles. The Balaban J connectivity index is 1.78. The number of hydrogen-bond acceptors (Lipinski definition) is 4. The SMILES string of the molecule is O=S(=O)(NCc1cc(Br)cs1)c1ccc2c(c1)CCN2. The summed E-state index contributed by atoms with van der Waals surface area (Å²) in [6, 6.07) is 7.14. The first kappa shape index (κ1) is 14.1. The zero-order chi connectivity index (χ0) is 14.2. The highest BCUT2D eigenvalue weighted by atomic mass is 79.9. The molecule has 7 heteroatoms. The smallest absolute Gasteiger partial charge is 0.240 e. The van der Waals surface area contributed by atoms with Crippen molar-refractivity contribution in [1.82, 2.24) is 4.72 Å². The molecule has 0 aliphatic carbocycles. The van der Waals surface area contributed by atoms with E-state index in [9.17, 15) is 8.42 Å². The van der Waals surface area contributed by atoms with Crippen LogP contribution in [0, 0.1) is 0 Å².